The van der Waals surface area contributed by atoms with Crippen molar-refractivity contribution in [1.29, 1.82) is 0 Å². The van der Waals surface area contributed by atoms with Gasteiger partial charge in [0.1, 0.15) is 11.5 Å². The van der Waals surface area contributed by atoms with Gasteiger partial charge in [0.2, 0.25) is 0 Å². The summed E-state index contributed by atoms with van der Waals surface area (Å²) in [5, 5.41) is 11.1. The largest absolute Gasteiger partial charge is 0.362 e. The second kappa shape index (κ2) is 5.83. The molecule has 1 aromatic rings. The quantitative estimate of drug-likeness (QED) is 0.682. The van der Waals surface area contributed by atoms with Crippen LogP contribution >= 0.6 is 15.9 Å². The van der Waals surface area contributed by atoms with Gasteiger partial charge in [-0.15, -0.1) is 0 Å². The molecule has 1 fully saturated rings. The van der Waals surface area contributed by atoms with Crippen LogP contribution in [0, 0.1) is 15.9 Å². The minimum absolute atomic E-state index is 0.0739. The van der Waals surface area contributed by atoms with Gasteiger partial charge in [0.25, 0.3) is 5.69 Å². The van der Waals surface area contributed by atoms with E-state index < -0.39 is 10.7 Å². The fraction of sp³-hybridized carbons (Fsp3) is 0.500. The maximum atomic E-state index is 13.5. The number of hydrogen-bond donors (Lipinski definition) is 1. The zero-order chi connectivity index (χ0) is 14.0. The van der Waals surface area contributed by atoms with Crippen molar-refractivity contribution >= 4 is 27.3 Å². The van der Waals surface area contributed by atoms with Gasteiger partial charge in [0.05, 0.1) is 15.5 Å². The third kappa shape index (κ3) is 2.87. The lowest BCUT2D eigenvalue weighted by Crippen LogP contribution is -2.44. The van der Waals surface area contributed by atoms with Gasteiger partial charge >= 0.3 is 0 Å². The molecular weight excluding hydrogens is 317 g/mol. The number of nitrogens with zero attached hydrogens (tertiary/aromatic N) is 2. The van der Waals surface area contributed by atoms with E-state index in [1.807, 2.05) is 4.90 Å². The number of benzene rings is 1. The van der Waals surface area contributed by atoms with Crippen LogP contribution in [0.4, 0.5) is 15.8 Å². The van der Waals surface area contributed by atoms with Crippen LogP contribution in [-0.4, -0.2) is 24.1 Å². The first-order valence-electron chi connectivity index (χ1n) is 6.14. The molecule has 0 bridgehead atoms. The molecule has 2 rings (SSSR count). The van der Waals surface area contributed by atoms with Crippen molar-refractivity contribution in [2.24, 2.45) is 5.73 Å². The molecule has 0 saturated carbocycles. The van der Waals surface area contributed by atoms with Crippen LogP contribution < -0.4 is 10.6 Å². The maximum absolute atomic E-state index is 13.5. The fourth-order valence-electron chi connectivity index (χ4n) is 2.46. The van der Waals surface area contributed by atoms with E-state index in [4.69, 9.17) is 5.73 Å². The number of rotatable bonds is 3. The Morgan fingerprint density at radius 3 is 2.89 bits per heavy atom. The van der Waals surface area contributed by atoms with E-state index in [2.05, 4.69) is 15.9 Å². The SMILES string of the molecule is NCC1CCCCN1c1cc(Br)c(F)cc1[N+](=O)[O-]. The molecule has 7 heteroatoms. The topological polar surface area (TPSA) is 72.4 Å². The number of halogens is 2. The molecule has 1 atom stereocenters. The molecule has 19 heavy (non-hydrogen) atoms. The second-order valence-electron chi connectivity index (χ2n) is 4.59. The lowest BCUT2D eigenvalue weighted by Gasteiger charge is -2.36. The molecule has 1 aliphatic heterocycles. The minimum Gasteiger partial charge on any atom is -0.362 e. The number of hydrogen-bond acceptors (Lipinski definition) is 4. The highest BCUT2D eigenvalue weighted by molar-refractivity contribution is 9.10. The Morgan fingerprint density at radius 2 is 2.26 bits per heavy atom. The Labute approximate surface area is 118 Å². The Balaban J connectivity index is 2.47. The Hall–Kier alpha value is -1.21. The van der Waals surface area contributed by atoms with Gasteiger partial charge in [-0.25, -0.2) is 4.39 Å². The van der Waals surface area contributed by atoms with E-state index in [0.717, 1.165) is 25.3 Å². The third-order valence-electron chi connectivity index (χ3n) is 3.42. The summed E-state index contributed by atoms with van der Waals surface area (Å²) in [5.41, 5.74) is 5.96. The molecule has 1 unspecified atom stereocenters. The first kappa shape index (κ1) is 14.2. The highest BCUT2D eigenvalue weighted by atomic mass is 79.9. The Kier molecular flexibility index (Phi) is 4.36. The minimum atomic E-state index is -0.628. The summed E-state index contributed by atoms with van der Waals surface area (Å²) in [5.74, 6) is -0.628. The van der Waals surface area contributed by atoms with E-state index in [-0.39, 0.29) is 16.2 Å². The molecule has 2 N–H and O–H groups in total. The molecule has 5 nitrogen and oxygen atoms in total. The zero-order valence-electron chi connectivity index (χ0n) is 10.3. The molecule has 1 aromatic carbocycles. The number of nitro benzene ring substituents is 1. The standard InChI is InChI=1S/C12H15BrFN3O2/c13-9-5-11(12(17(18)19)6-10(9)14)16-4-2-1-3-8(16)7-15/h5-6,8H,1-4,7,15H2. The highest BCUT2D eigenvalue weighted by Crippen LogP contribution is 2.36. The number of anilines is 1. The molecule has 0 radical (unpaired) electrons. The van der Waals surface area contributed by atoms with Gasteiger partial charge in [-0.1, -0.05) is 0 Å². The summed E-state index contributed by atoms with van der Waals surface area (Å²) in [7, 11) is 0. The van der Waals surface area contributed by atoms with Gasteiger partial charge in [0, 0.05) is 19.1 Å². The van der Waals surface area contributed by atoms with Gasteiger partial charge < -0.3 is 10.6 Å². The van der Waals surface area contributed by atoms with Crippen LogP contribution in [-0.2, 0) is 0 Å². The normalized spacial score (nSPS) is 19.5. The molecule has 104 valence electrons. The Morgan fingerprint density at radius 1 is 1.53 bits per heavy atom. The van der Waals surface area contributed by atoms with Crippen molar-refractivity contribution < 1.29 is 9.31 Å². The van der Waals surface area contributed by atoms with Crippen LogP contribution in [0.5, 0.6) is 0 Å². The van der Waals surface area contributed by atoms with Crippen molar-refractivity contribution in [2.75, 3.05) is 18.0 Å². The van der Waals surface area contributed by atoms with Crippen molar-refractivity contribution in [2.45, 2.75) is 25.3 Å². The van der Waals surface area contributed by atoms with Crippen LogP contribution in [0.15, 0.2) is 16.6 Å². The van der Waals surface area contributed by atoms with E-state index in [1.165, 1.54) is 6.07 Å². The molecule has 1 heterocycles. The van der Waals surface area contributed by atoms with E-state index in [1.54, 1.807) is 0 Å². The summed E-state index contributed by atoms with van der Waals surface area (Å²) in [4.78, 5) is 12.5. The maximum Gasteiger partial charge on any atom is 0.295 e. The van der Waals surface area contributed by atoms with E-state index >= 15 is 0 Å². The van der Waals surface area contributed by atoms with Crippen LogP contribution in [0.1, 0.15) is 19.3 Å². The summed E-state index contributed by atoms with van der Waals surface area (Å²) < 4.78 is 13.7. The highest BCUT2D eigenvalue weighted by Gasteiger charge is 2.28. The summed E-state index contributed by atoms with van der Waals surface area (Å²) in [6.07, 6.45) is 2.93. The average molecular weight is 332 g/mol. The molecule has 1 aliphatic rings. The van der Waals surface area contributed by atoms with Crippen molar-refractivity contribution in [3.63, 3.8) is 0 Å². The van der Waals surface area contributed by atoms with Crippen molar-refractivity contribution in [1.82, 2.24) is 0 Å². The lowest BCUT2D eigenvalue weighted by atomic mass is 10.0. The summed E-state index contributed by atoms with van der Waals surface area (Å²) >= 11 is 3.08. The molecule has 0 spiro atoms. The summed E-state index contributed by atoms with van der Waals surface area (Å²) in [6.45, 7) is 1.15. The zero-order valence-corrected chi connectivity index (χ0v) is 11.9. The van der Waals surface area contributed by atoms with Crippen LogP contribution in [0.25, 0.3) is 0 Å². The summed E-state index contributed by atoms with van der Waals surface area (Å²) in [6, 6.07) is 2.51. The van der Waals surface area contributed by atoms with Crippen LogP contribution in [0.3, 0.4) is 0 Å². The van der Waals surface area contributed by atoms with Gasteiger partial charge in [-0.05, 0) is 41.3 Å². The predicted molar refractivity (Wildman–Crippen MR) is 74.8 cm³/mol. The van der Waals surface area contributed by atoms with E-state index in [0.29, 0.717) is 18.8 Å². The predicted octanol–water partition coefficient (Wildman–Crippen LogP) is 2.81. The van der Waals surface area contributed by atoms with Gasteiger partial charge in [-0.2, -0.15) is 0 Å². The second-order valence-corrected chi connectivity index (χ2v) is 5.45. The van der Waals surface area contributed by atoms with Crippen molar-refractivity contribution in [3.8, 4) is 0 Å². The fourth-order valence-corrected chi connectivity index (χ4v) is 2.80. The van der Waals surface area contributed by atoms with Gasteiger partial charge in [0.15, 0.2) is 0 Å². The molecule has 0 aliphatic carbocycles. The number of nitrogens with two attached hydrogens (primary N) is 1. The van der Waals surface area contributed by atoms with Gasteiger partial charge in [-0.3, -0.25) is 10.1 Å². The first-order valence-corrected chi connectivity index (χ1v) is 6.94. The Bertz CT molecular complexity index is 498. The third-order valence-corrected chi connectivity index (χ3v) is 4.03. The average Bonchev–Trinajstić information content (AvgIpc) is 2.41. The first-order chi connectivity index (χ1) is 9.04. The van der Waals surface area contributed by atoms with Crippen LogP contribution in [0.2, 0.25) is 0 Å². The monoisotopic (exact) mass is 331 g/mol. The molecule has 0 aromatic heterocycles. The molecule has 1 saturated heterocycles. The smallest absolute Gasteiger partial charge is 0.295 e. The number of piperidine rings is 1. The van der Waals surface area contributed by atoms with Crippen molar-refractivity contribution in [3.05, 3.63) is 32.5 Å². The lowest BCUT2D eigenvalue weighted by molar-refractivity contribution is -0.384. The molecule has 0 amide bonds. The van der Waals surface area contributed by atoms with E-state index in [9.17, 15) is 14.5 Å². The number of nitro groups is 1. The molecular formula is C12H15BrFN3O2.